The number of rotatable bonds is 12. The first-order valence-corrected chi connectivity index (χ1v) is 22.9. The Kier molecular flexibility index (Phi) is 11.8. The highest BCUT2D eigenvalue weighted by atomic mass is 28.4. The summed E-state index contributed by atoms with van der Waals surface area (Å²) in [5, 5.41) is 26.6. The van der Waals surface area contributed by atoms with Crippen LogP contribution in [0.1, 0.15) is 52.5 Å². The van der Waals surface area contributed by atoms with Gasteiger partial charge in [-0.1, -0.05) is 123 Å². The summed E-state index contributed by atoms with van der Waals surface area (Å²) in [5.41, 5.74) is 6.38. The van der Waals surface area contributed by atoms with Gasteiger partial charge in [0, 0.05) is 11.4 Å². The van der Waals surface area contributed by atoms with E-state index >= 15 is 0 Å². The van der Waals surface area contributed by atoms with Crippen LogP contribution in [-0.4, -0.2) is 50.1 Å². The maximum absolute atomic E-state index is 14.7. The molecule has 2 aliphatic heterocycles. The number of allylic oxidation sites excluding steroid dienone is 1. The molecule has 0 aromatic heterocycles. The van der Waals surface area contributed by atoms with Gasteiger partial charge in [-0.2, -0.15) is 0 Å². The van der Waals surface area contributed by atoms with Crippen molar-refractivity contribution < 1.29 is 28.8 Å². The lowest BCUT2D eigenvalue weighted by Gasteiger charge is -2.46. The Hall–Kier alpha value is -5.52. The van der Waals surface area contributed by atoms with Crippen molar-refractivity contribution in [2.45, 2.75) is 64.4 Å². The van der Waals surface area contributed by atoms with Crippen LogP contribution in [0.3, 0.4) is 0 Å². The molecule has 4 atom stereocenters. The van der Waals surface area contributed by atoms with E-state index in [1.165, 1.54) is 4.90 Å². The van der Waals surface area contributed by atoms with Crippen molar-refractivity contribution >= 4 is 60.8 Å². The molecule has 5 aromatic rings. The number of phenols is 1. The van der Waals surface area contributed by atoms with Crippen molar-refractivity contribution in [3.05, 3.63) is 162 Å². The molecule has 2 fully saturated rings. The topological polar surface area (TPSA) is 108 Å². The van der Waals surface area contributed by atoms with E-state index < -0.39 is 39.3 Å². The third-order valence-corrected chi connectivity index (χ3v) is 17.5. The third kappa shape index (κ3) is 8.17. The van der Waals surface area contributed by atoms with E-state index in [4.69, 9.17) is 9.08 Å². The SMILES string of the molecule is C/C(=C\c1ccc(O)cc1)CC[C@H]1OB(O)C[C@H]2C1=C(CO[Si](c1ccccc1)(c1ccccc1)C(C)(C)C)C[C@H]1C(=O)N(c3ccc(Nc4ccccc4)cc3)C(=O)[C@H]12. The molecule has 0 radical (unpaired) electrons. The first-order valence-electron chi connectivity index (χ1n) is 21.0. The lowest BCUT2D eigenvalue weighted by Crippen LogP contribution is -2.66. The largest absolute Gasteiger partial charge is 0.508 e. The lowest BCUT2D eigenvalue weighted by atomic mass is 9.58. The molecule has 3 aliphatic rings. The van der Waals surface area contributed by atoms with Gasteiger partial charge in [-0.25, -0.2) is 0 Å². The minimum Gasteiger partial charge on any atom is -0.508 e. The molecule has 0 unspecified atom stereocenters. The molecule has 8 nitrogen and oxygen atoms in total. The fourth-order valence-electron chi connectivity index (χ4n) is 9.78. The fourth-order valence-corrected chi connectivity index (χ4v) is 14.3. The van der Waals surface area contributed by atoms with Crippen LogP contribution in [0, 0.1) is 17.8 Å². The summed E-state index contributed by atoms with van der Waals surface area (Å²) in [5.74, 6) is -1.89. The number of anilines is 3. The van der Waals surface area contributed by atoms with Crippen LogP contribution in [-0.2, 0) is 18.7 Å². The van der Waals surface area contributed by atoms with E-state index in [0.29, 0.717) is 24.9 Å². The molecule has 0 spiro atoms. The van der Waals surface area contributed by atoms with Crippen LogP contribution in [0.5, 0.6) is 5.75 Å². The van der Waals surface area contributed by atoms with Gasteiger partial charge in [0.1, 0.15) is 5.75 Å². The van der Waals surface area contributed by atoms with Crippen molar-refractivity contribution in [3.63, 3.8) is 0 Å². The number of carbonyl (C=O) groups is 2. The number of para-hydroxylation sites is 1. The normalized spacial score (nSPS) is 20.9. The number of imide groups is 1. The zero-order chi connectivity index (χ0) is 42.0. The highest BCUT2D eigenvalue weighted by Gasteiger charge is 2.58. The number of nitrogens with zero attached hydrogens (tertiary/aromatic N) is 1. The molecule has 306 valence electrons. The van der Waals surface area contributed by atoms with Gasteiger partial charge in [-0.3, -0.25) is 14.5 Å². The average molecular weight is 817 g/mol. The highest BCUT2D eigenvalue weighted by molar-refractivity contribution is 6.99. The second-order valence-electron chi connectivity index (χ2n) is 17.4. The molecular weight excluding hydrogens is 763 g/mol. The van der Waals surface area contributed by atoms with E-state index in [9.17, 15) is 19.7 Å². The van der Waals surface area contributed by atoms with Gasteiger partial charge < -0.3 is 24.5 Å². The first kappa shape index (κ1) is 41.2. The van der Waals surface area contributed by atoms with Gasteiger partial charge in [-0.05, 0) is 119 Å². The van der Waals surface area contributed by atoms with Crippen molar-refractivity contribution in [1.82, 2.24) is 0 Å². The quantitative estimate of drug-likeness (QED) is 0.0656. The van der Waals surface area contributed by atoms with Crippen LogP contribution in [0.2, 0.25) is 11.4 Å². The maximum Gasteiger partial charge on any atom is 0.455 e. The summed E-state index contributed by atoms with van der Waals surface area (Å²) in [7, 11) is -4.09. The Morgan fingerprint density at radius 2 is 1.40 bits per heavy atom. The standard InChI is InChI=1S/C50H53BN2O6Si/c1-34(30-35-21-27-40(54)28-22-35)20-29-45-46-36(33-58-60(50(2,3)4,41-16-10-6-11-17-41)42-18-12-7-13-19-42)31-43-47(44(46)32-51(57)59-45)49(56)53(48(43)55)39-25-23-38(24-26-39)52-37-14-8-5-9-15-37/h5-19,21-28,30,43-45,47,52,54,57H,20,29,31-33H2,1-4H3/b34-30+/t43-,44+,45-,47-/m1/s1. The van der Waals surface area contributed by atoms with Crippen molar-refractivity contribution in [1.29, 1.82) is 0 Å². The summed E-state index contributed by atoms with van der Waals surface area (Å²) < 4.78 is 14.0. The molecular formula is C50H53BN2O6Si. The average Bonchev–Trinajstić information content (AvgIpc) is 3.50. The zero-order valence-electron chi connectivity index (χ0n) is 34.8. The second kappa shape index (κ2) is 17.2. The van der Waals surface area contributed by atoms with E-state index in [2.05, 4.69) is 87.6 Å². The maximum atomic E-state index is 14.7. The molecule has 5 aromatic carbocycles. The summed E-state index contributed by atoms with van der Waals surface area (Å²) in [6.45, 7) is 9.09. The van der Waals surface area contributed by atoms with Crippen LogP contribution in [0.15, 0.2) is 156 Å². The predicted octanol–water partition coefficient (Wildman–Crippen LogP) is 8.90. The van der Waals surface area contributed by atoms with Crippen LogP contribution in [0.4, 0.5) is 17.1 Å². The Labute approximate surface area is 354 Å². The van der Waals surface area contributed by atoms with Crippen LogP contribution >= 0.6 is 0 Å². The van der Waals surface area contributed by atoms with E-state index in [1.807, 2.05) is 78.9 Å². The number of amides is 2. The summed E-state index contributed by atoms with van der Waals surface area (Å²) in [6, 6.07) is 45.4. The van der Waals surface area contributed by atoms with Gasteiger partial charge in [0.25, 0.3) is 8.32 Å². The smallest absolute Gasteiger partial charge is 0.455 e. The number of benzene rings is 5. The molecule has 60 heavy (non-hydrogen) atoms. The minimum absolute atomic E-state index is 0.213. The molecule has 1 aliphatic carbocycles. The minimum atomic E-state index is -2.99. The molecule has 2 saturated heterocycles. The van der Waals surface area contributed by atoms with Gasteiger partial charge in [0.2, 0.25) is 11.8 Å². The van der Waals surface area contributed by atoms with Gasteiger partial charge in [0.15, 0.2) is 0 Å². The van der Waals surface area contributed by atoms with E-state index in [0.717, 1.165) is 44.0 Å². The number of hydrogen-bond acceptors (Lipinski definition) is 7. The van der Waals surface area contributed by atoms with E-state index in [1.54, 1.807) is 12.1 Å². The molecule has 3 N–H and O–H groups in total. The number of hydrogen-bond donors (Lipinski definition) is 3. The molecule has 0 saturated carbocycles. The van der Waals surface area contributed by atoms with Crippen molar-refractivity contribution in [2.24, 2.45) is 17.8 Å². The molecule has 8 rings (SSSR count). The number of aromatic hydroxyl groups is 1. The van der Waals surface area contributed by atoms with Crippen LogP contribution in [0.25, 0.3) is 6.08 Å². The Bertz CT molecular complexity index is 2330. The number of fused-ring (bicyclic) bond motifs is 3. The lowest BCUT2D eigenvalue weighted by molar-refractivity contribution is -0.122. The third-order valence-electron chi connectivity index (χ3n) is 12.5. The Morgan fingerprint density at radius 1 is 0.817 bits per heavy atom. The molecule has 2 heterocycles. The first-order chi connectivity index (χ1) is 28.9. The van der Waals surface area contributed by atoms with Gasteiger partial charge >= 0.3 is 7.12 Å². The fraction of sp³-hybridized carbons (Fsp3) is 0.280. The predicted molar refractivity (Wildman–Crippen MR) is 243 cm³/mol. The van der Waals surface area contributed by atoms with E-state index in [-0.39, 0.29) is 35.5 Å². The summed E-state index contributed by atoms with van der Waals surface area (Å²) in [4.78, 5) is 30.7. The Morgan fingerprint density at radius 3 is 2.00 bits per heavy atom. The highest BCUT2D eigenvalue weighted by Crippen LogP contribution is 2.52. The number of nitrogens with one attached hydrogen (secondary N) is 1. The number of phenolic OH excluding ortho intramolecular Hbond substituents is 1. The summed E-state index contributed by atoms with van der Waals surface area (Å²) in [6.07, 6.45) is 3.43. The second-order valence-corrected chi connectivity index (χ2v) is 21.7. The van der Waals surface area contributed by atoms with Crippen molar-refractivity contribution in [3.8, 4) is 5.75 Å². The molecule has 0 bridgehead atoms. The zero-order valence-corrected chi connectivity index (χ0v) is 35.8. The van der Waals surface area contributed by atoms with Crippen molar-refractivity contribution in [2.75, 3.05) is 16.8 Å². The monoisotopic (exact) mass is 816 g/mol. The van der Waals surface area contributed by atoms with Gasteiger partial charge in [-0.15, -0.1) is 0 Å². The summed E-state index contributed by atoms with van der Waals surface area (Å²) >= 11 is 0. The van der Waals surface area contributed by atoms with Crippen LogP contribution < -0.4 is 20.6 Å². The molecule has 2 amide bonds. The molecule has 10 heteroatoms. The Balaban J connectivity index is 1.16. The number of carbonyl (C=O) groups excluding carboxylic acids is 2. The van der Waals surface area contributed by atoms with Gasteiger partial charge in [0.05, 0.1) is 30.2 Å².